The van der Waals surface area contributed by atoms with Gasteiger partial charge in [-0.2, -0.15) is 0 Å². The van der Waals surface area contributed by atoms with Crippen LogP contribution in [0, 0.1) is 0 Å². The zero-order valence-corrected chi connectivity index (χ0v) is 12.3. The number of carbonyl (C=O) groups is 1. The van der Waals surface area contributed by atoms with Gasteiger partial charge in [0.1, 0.15) is 5.69 Å². The van der Waals surface area contributed by atoms with Gasteiger partial charge in [0.05, 0.1) is 6.61 Å². The number of fused-ring (bicyclic) bond motifs is 3. The zero-order valence-electron chi connectivity index (χ0n) is 11.5. The third-order valence-electron chi connectivity index (χ3n) is 3.38. The summed E-state index contributed by atoms with van der Waals surface area (Å²) < 4.78 is 5.09. The molecule has 0 aliphatic heterocycles. The van der Waals surface area contributed by atoms with Crippen molar-refractivity contribution in [3.8, 4) is 11.1 Å². The molecule has 0 unspecified atom stereocenters. The molecule has 1 aromatic heterocycles. The van der Waals surface area contributed by atoms with Gasteiger partial charge in [-0.1, -0.05) is 48.0 Å². The molecule has 1 aliphatic rings. The van der Waals surface area contributed by atoms with Crippen LogP contribution in [0.3, 0.4) is 0 Å². The first-order chi connectivity index (χ1) is 10.2. The number of ether oxygens (including phenoxy) is 1. The van der Waals surface area contributed by atoms with Gasteiger partial charge in [0.15, 0.2) is 0 Å². The summed E-state index contributed by atoms with van der Waals surface area (Å²) in [6.07, 6.45) is 7.36. The lowest BCUT2D eigenvalue weighted by molar-refractivity contribution is 0.0520. The van der Waals surface area contributed by atoms with Crippen LogP contribution in [0.5, 0.6) is 0 Å². The van der Waals surface area contributed by atoms with Crippen molar-refractivity contribution in [2.24, 2.45) is 0 Å². The van der Waals surface area contributed by atoms with Gasteiger partial charge in [0, 0.05) is 27.9 Å². The lowest BCUT2D eigenvalue weighted by Crippen LogP contribution is -2.06. The highest BCUT2D eigenvalue weighted by atomic mass is 35.5. The van der Waals surface area contributed by atoms with Crippen molar-refractivity contribution in [2.45, 2.75) is 6.92 Å². The smallest absolute Gasteiger partial charge is 0.355 e. The highest BCUT2D eigenvalue weighted by molar-refractivity contribution is 6.49. The Hall–Kier alpha value is -2.26. The monoisotopic (exact) mass is 299 g/mol. The third kappa shape index (κ3) is 2.41. The van der Waals surface area contributed by atoms with E-state index >= 15 is 0 Å². The van der Waals surface area contributed by atoms with Crippen molar-refractivity contribution in [1.29, 1.82) is 0 Å². The Labute approximate surface area is 127 Å². The van der Waals surface area contributed by atoms with Crippen molar-refractivity contribution in [2.75, 3.05) is 6.61 Å². The van der Waals surface area contributed by atoms with Crippen molar-refractivity contribution >= 4 is 28.7 Å². The number of esters is 1. The minimum atomic E-state index is -0.350. The molecule has 0 saturated heterocycles. The van der Waals surface area contributed by atoms with Crippen LogP contribution in [0.15, 0.2) is 42.6 Å². The number of aromatic nitrogens is 1. The second-order valence-corrected chi connectivity index (χ2v) is 5.04. The standard InChI is InChI=1S/C17H14ClNO2/c1-2-21-17(20)16-13-8-5-9-15(18)12-7-4-3-6-11(12)14(13)10-19-16/h3-10,19H,2H2,1H3/b8-5-,15-9+. The molecule has 0 spiro atoms. The molecule has 0 bridgehead atoms. The summed E-state index contributed by atoms with van der Waals surface area (Å²) >= 11 is 6.32. The quantitative estimate of drug-likeness (QED) is 0.832. The number of hydrogen-bond acceptors (Lipinski definition) is 2. The Morgan fingerprint density at radius 3 is 2.76 bits per heavy atom. The Kier molecular flexibility index (Phi) is 3.67. The molecule has 3 rings (SSSR count). The number of hydrogen-bond donors (Lipinski definition) is 1. The minimum absolute atomic E-state index is 0.346. The number of benzene rings is 1. The van der Waals surface area contributed by atoms with Crippen LogP contribution < -0.4 is 0 Å². The van der Waals surface area contributed by atoms with Gasteiger partial charge < -0.3 is 9.72 Å². The normalized spacial score (nSPS) is 16.8. The van der Waals surface area contributed by atoms with Gasteiger partial charge in [0.25, 0.3) is 0 Å². The van der Waals surface area contributed by atoms with Crippen LogP contribution in [0.2, 0.25) is 0 Å². The summed E-state index contributed by atoms with van der Waals surface area (Å²) in [5.41, 5.74) is 4.16. The highest BCUT2D eigenvalue weighted by Gasteiger charge is 2.20. The van der Waals surface area contributed by atoms with E-state index in [4.69, 9.17) is 16.3 Å². The van der Waals surface area contributed by atoms with Crippen molar-refractivity contribution < 1.29 is 9.53 Å². The molecule has 106 valence electrons. The molecular weight excluding hydrogens is 286 g/mol. The van der Waals surface area contributed by atoms with E-state index in [-0.39, 0.29) is 5.97 Å². The van der Waals surface area contributed by atoms with Crippen LogP contribution >= 0.6 is 11.6 Å². The first-order valence-electron chi connectivity index (χ1n) is 6.74. The number of halogens is 1. The second kappa shape index (κ2) is 5.62. The second-order valence-electron chi connectivity index (χ2n) is 4.63. The number of allylic oxidation sites excluding steroid dienone is 2. The highest BCUT2D eigenvalue weighted by Crippen LogP contribution is 2.36. The predicted molar refractivity (Wildman–Crippen MR) is 85.0 cm³/mol. The van der Waals surface area contributed by atoms with E-state index < -0.39 is 0 Å². The Morgan fingerprint density at radius 2 is 2.00 bits per heavy atom. The maximum Gasteiger partial charge on any atom is 0.355 e. The van der Waals surface area contributed by atoms with Crippen LogP contribution in [0.4, 0.5) is 0 Å². The Bertz CT molecular complexity index is 756. The lowest BCUT2D eigenvalue weighted by Gasteiger charge is -2.11. The summed E-state index contributed by atoms with van der Waals surface area (Å²) in [6.45, 7) is 2.14. The molecule has 1 N–H and O–H groups in total. The first-order valence-corrected chi connectivity index (χ1v) is 7.12. The summed E-state index contributed by atoms with van der Waals surface area (Å²) in [5, 5.41) is 0.673. The van der Waals surface area contributed by atoms with E-state index in [0.29, 0.717) is 17.3 Å². The van der Waals surface area contributed by atoms with E-state index in [1.165, 1.54) is 0 Å². The van der Waals surface area contributed by atoms with E-state index in [0.717, 1.165) is 22.3 Å². The molecule has 1 aromatic carbocycles. The third-order valence-corrected chi connectivity index (χ3v) is 3.71. The molecule has 0 atom stereocenters. The molecule has 1 heterocycles. The fraction of sp³-hybridized carbons (Fsp3) is 0.118. The van der Waals surface area contributed by atoms with Crippen LogP contribution in [0.25, 0.3) is 22.2 Å². The van der Waals surface area contributed by atoms with E-state index in [9.17, 15) is 4.79 Å². The van der Waals surface area contributed by atoms with E-state index in [1.54, 1.807) is 6.92 Å². The van der Waals surface area contributed by atoms with Gasteiger partial charge in [-0.25, -0.2) is 4.79 Å². The fourth-order valence-electron chi connectivity index (χ4n) is 2.45. The Morgan fingerprint density at radius 1 is 1.24 bits per heavy atom. The average Bonchev–Trinajstić information content (AvgIpc) is 2.89. The number of aromatic amines is 1. The molecule has 3 nitrogen and oxygen atoms in total. The number of carbonyl (C=O) groups excluding carboxylic acids is 1. The Balaban J connectivity index is 2.21. The number of H-pyrrole nitrogens is 1. The minimum Gasteiger partial charge on any atom is -0.461 e. The summed E-state index contributed by atoms with van der Waals surface area (Å²) in [5.74, 6) is -0.350. The molecule has 2 aromatic rings. The van der Waals surface area contributed by atoms with Crippen molar-refractivity contribution in [3.63, 3.8) is 0 Å². The van der Waals surface area contributed by atoms with Gasteiger partial charge in [-0.15, -0.1) is 0 Å². The van der Waals surface area contributed by atoms with E-state index in [2.05, 4.69) is 4.98 Å². The summed E-state index contributed by atoms with van der Waals surface area (Å²) in [6, 6.07) is 7.86. The van der Waals surface area contributed by atoms with Crippen LogP contribution in [-0.2, 0) is 4.74 Å². The topological polar surface area (TPSA) is 42.1 Å². The molecule has 0 fully saturated rings. The van der Waals surface area contributed by atoms with Crippen LogP contribution in [0.1, 0.15) is 28.5 Å². The van der Waals surface area contributed by atoms with Crippen molar-refractivity contribution in [1.82, 2.24) is 4.98 Å². The summed E-state index contributed by atoms with van der Waals surface area (Å²) in [4.78, 5) is 15.0. The molecule has 0 saturated carbocycles. The average molecular weight is 300 g/mol. The van der Waals surface area contributed by atoms with Crippen LogP contribution in [-0.4, -0.2) is 17.6 Å². The molecule has 21 heavy (non-hydrogen) atoms. The molecule has 1 aliphatic carbocycles. The van der Waals surface area contributed by atoms with Gasteiger partial charge in [-0.05, 0) is 18.6 Å². The molecule has 0 radical (unpaired) electrons. The lowest BCUT2D eigenvalue weighted by atomic mass is 9.95. The predicted octanol–water partition coefficient (Wildman–Crippen LogP) is 4.46. The maximum absolute atomic E-state index is 12.0. The molecule has 0 amide bonds. The number of nitrogens with one attached hydrogen (secondary N) is 1. The maximum atomic E-state index is 12.0. The SMILES string of the molecule is CCOC(=O)c1[nH]cc2c1/C=C\C=C(\Cl)c1ccccc1-2. The largest absolute Gasteiger partial charge is 0.461 e. The molecule has 4 heteroatoms. The fourth-order valence-corrected chi connectivity index (χ4v) is 2.68. The van der Waals surface area contributed by atoms with Gasteiger partial charge in [-0.3, -0.25) is 0 Å². The van der Waals surface area contributed by atoms with Gasteiger partial charge in [0.2, 0.25) is 0 Å². The molecular formula is C17H14ClNO2. The first kappa shape index (κ1) is 13.7. The zero-order chi connectivity index (χ0) is 14.8. The number of rotatable bonds is 2. The van der Waals surface area contributed by atoms with Crippen molar-refractivity contribution in [3.05, 3.63) is 59.4 Å². The van der Waals surface area contributed by atoms with E-state index in [1.807, 2.05) is 48.7 Å². The summed E-state index contributed by atoms with van der Waals surface area (Å²) in [7, 11) is 0. The van der Waals surface area contributed by atoms with Gasteiger partial charge >= 0.3 is 5.97 Å².